The van der Waals surface area contributed by atoms with E-state index in [1.165, 1.54) is 5.56 Å². The van der Waals surface area contributed by atoms with Crippen molar-refractivity contribution < 1.29 is 9.84 Å². The Hall–Kier alpha value is -1.50. The fourth-order valence-corrected chi connectivity index (χ4v) is 2.00. The van der Waals surface area contributed by atoms with Crippen molar-refractivity contribution in [3.05, 3.63) is 29.8 Å². The normalized spacial score (nSPS) is 11.4. The van der Waals surface area contributed by atoms with Crippen molar-refractivity contribution in [1.29, 1.82) is 0 Å². The van der Waals surface area contributed by atoms with Gasteiger partial charge in [-0.05, 0) is 38.1 Å². The van der Waals surface area contributed by atoms with Crippen molar-refractivity contribution in [2.45, 2.75) is 39.3 Å². The molecule has 0 saturated heterocycles. The number of rotatable bonds is 8. The molecular weight excluding hydrogens is 250 g/mol. The maximum Gasteiger partial charge on any atom is 0.119 e. The van der Waals surface area contributed by atoms with E-state index in [9.17, 15) is 5.11 Å². The Bertz CT molecular complexity index is 426. The van der Waals surface area contributed by atoms with E-state index < -0.39 is 5.60 Å². The van der Waals surface area contributed by atoms with Gasteiger partial charge in [0.15, 0.2) is 0 Å². The first kappa shape index (κ1) is 16.6. The monoisotopic (exact) mass is 275 g/mol. The van der Waals surface area contributed by atoms with Gasteiger partial charge in [0.1, 0.15) is 5.75 Å². The highest BCUT2D eigenvalue weighted by atomic mass is 16.5. The number of benzene rings is 1. The highest BCUT2D eigenvalue weighted by Gasteiger charge is 2.17. The molecule has 0 saturated carbocycles. The Kier molecular flexibility index (Phi) is 6.57. The van der Waals surface area contributed by atoms with Gasteiger partial charge in [0.05, 0.1) is 12.2 Å². The summed E-state index contributed by atoms with van der Waals surface area (Å²) in [5, 5.41) is 9.88. The minimum Gasteiger partial charge on any atom is -0.493 e. The lowest BCUT2D eigenvalue weighted by molar-refractivity contribution is 0.0353. The number of nitrogens with zero attached hydrogens (tertiary/aromatic N) is 1. The summed E-state index contributed by atoms with van der Waals surface area (Å²) in [6.07, 6.45) is 5.80. The summed E-state index contributed by atoms with van der Waals surface area (Å²) in [6, 6.07) is 8.03. The zero-order valence-corrected chi connectivity index (χ0v) is 12.7. The lowest BCUT2D eigenvalue weighted by Gasteiger charge is -2.28. The maximum atomic E-state index is 9.88. The topological polar surface area (TPSA) is 32.7 Å². The molecule has 0 unspecified atom stereocenters. The lowest BCUT2D eigenvalue weighted by atomic mass is 10.1. The highest BCUT2D eigenvalue weighted by Crippen LogP contribution is 2.15. The molecule has 1 N–H and O–H groups in total. The number of ether oxygens (including phenoxy) is 1. The van der Waals surface area contributed by atoms with Crippen LogP contribution in [0.15, 0.2) is 24.3 Å². The molecule has 0 atom stereocenters. The molecule has 0 spiro atoms. The average molecular weight is 275 g/mol. The molecule has 0 bridgehead atoms. The molecule has 1 aromatic rings. The van der Waals surface area contributed by atoms with E-state index in [0.29, 0.717) is 19.6 Å². The van der Waals surface area contributed by atoms with Gasteiger partial charge < -0.3 is 9.84 Å². The van der Waals surface area contributed by atoms with E-state index in [2.05, 4.69) is 29.9 Å². The second kappa shape index (κ2) is 7.94. The summed E-state index contributed by atoms with van der Waals surface area (Å²) in [7, 11) is 0. The molecule has 0 aromatic heterocycles. The number of hydrogen-bond acceptors (Lipinski definition) is 3. The van der Waals surface area contributed by atoms with E-state index >= 15 is 0 Å². The second-order valence-electron chi connectivity index (χ2n) is 5.56. The van der Waals surface area contributed by atoms with Gasteiger partial charge in [-0.2, -0.15) is 0 Å². The second-order valence-corrected chi connectivity index (χ2v) is 5.56. The first-order chi connectivity index (χ1) is 9.44. The fourth-order valence-electron chi connectivity index (χ4n) is 2.00. The number of aliphatic hydroxyl groups is 1. The minimum atomic E-state index is -0.672. The Balaban J connectivity index is 2.53. The molecule has 0 aliphatic rings. The van der Waals surface area contributed by atoms with Crippen LogP contribution >= 0.6 is 0 Å². The van der Waals surface area contributed by atoms with Crippen molar-refractivity contribution in [3.8, 4) is 18.1 Å². The summed E-state index contributed by atoms with van der Waals surface area (Å²) >= 11 is 0. The van der Waals surface area contributed by atoms with E-state index in [0.717, 1.165) is 18.8 Å². The average Bonchev–Trinajstić information content (AvgIpc) is 2.38. The summed E-state index contributed by atoms with van der Waals surface area (Å²) in [4.78, 5) is 2.22. The van der Waals surface area contributed by atoms with Gasteiger partial charge in [-0.25, -0.2) is 0 Å². The number of terminal acetylenes is 1. The third kappa shape index (κ3) is 6.60. The largest absolute Gasteiger partial charge is 0.493 e. The molecule has 3 nitrogen and oxygen atoms in total. The third-order valence-electron chi connectivity index (χ3n) is 2.90. The van der Waals surface area contributed by atoms with Crippen LogP contribution in [0.3, 0.4) is 0 Å². The van der Waals surface area contributed by atoms with Gasteiger partial charge in [-0.1, -0.05) is 19.1 Å². The minimum absolute atomic E-state index is 0.551. The first-order valence-corrected chi connectivity index (χ1v) is 7.04. The van der Waals surface area contributed by atoms with Gasteiger partial charge in [-0.3, -0.25) is 4.90 Å². The molecule has 0 fully saturated rings. The van der Waals surface area contributed by atoms with Crippen molar-refractivity contribution in [1.82, 2.24) is 4.90 Å². The molecule has 3 heteroatoms. The number of hydrogen-bond donors (Lipinski definition) is 1. The van der Waals surface area contributed by atoms with Crippen LogP contribution in [0, 0.1) is 12.3 Å². The van der Waals surface area contributed by atoms with Crippen LogP contribution in [0.2, 0.25) is 0 Å². The molecule has 0 radical (unpaired) electrons. The van der Waals surface area contributed by atoms with Crippen molar-refractivity contribution in [2.24, 2.45) is 0 Å². The van der Waals surface area contributed by atoms with Gasteiger partial charge >= 0.3 is 0 Å². The predicted molar refractivity (Wildman–Crippen MR) is 82.6 cm³/mol. The van der Waals surface area contributed by atoms with Crippen molar-refractivity contribution in [2.75, 3.05) is 19.7 Å². The van der Waals surface area contributed by atoms with Crippen LogP contribution in [0.1, 0.15) is 32.8 Å². The van der Waals surface area contributed by atoms with Crippen LogP contribution in [0.25, 0.3) is 0 Å². The maximum absolute atomic E-state index is 9.88. The van der Waals surface area contributed by atoms with E-state index in [-0.39, 0.29) is 0 Å². The standard InChI is InChI=1S/C17H25NO2/c1-5-7-12-20-16-10-8-15(9-11-16)13-18(6-2)14-17(3,4)19/h1,8-11,19H,6-7,12-14H2,2-4H3. The molecule has 0 aliphatic heterocycles. The van der Waals surface area contributed by atoms with Gasteiger partial charge in [0.25, 0.3) is 0 Å². The molecule has 0 amide bonds. The summed E-state index contributed by atoms with van der Waals surface area (Å²) in [5.74, 6) is 3.39. The zero-order chi connectivity index (χ0) is 15.0. The molecular formula is C17H25NO2. The van der Waals surface area contributed by atoms with Gasteiger partial charge in [0.2, 0.25) is 0 Å². The third-order valence-corrected chi connectivity index (χ3v) is 2.90. The van der Waals surface area contributed by atoms with Crippen LogP contribution in [-0.4, -0.2) is 35.3 Å². The lowest BCUT2D eigenvalue weighted by Crippen LogP contribution is -2.38. The molecule has 1 rings (SSSR count). The van der Waals surface area contributed by atoms with Crippen LogP contribution in [-0.2, 0) is 6.54 Å². The SMILES string of the molecule is C#CCCOc1ccc(CN(CC)CC(C)(C)O)cc1. The Morgan fingerprint density at radius 1 is 1.30 bits per heavy atom. The highest BCUT2D eigenvalue weighted by molar-refractivity contribution is 5.27. The van der Waals surface area contributed by atoms with E-state index in [1.54, 1.807) is 0 Å². The Morgan fingerprint density at radius 2 is 1.95 bits per heavy atom. The van der Waals surface area contributed by atoms with Gasteiger partial charge in [0, 0.05) is 19.5 Å². The Morgan fingerprint density at radius 3 is 2.45 bits per heavy atom. The summed E-state index contributed by atoms with van der Waals surface area (Å²) in [5.41, 5.74) is 0.536. The summed E-state index contributed by atoms with van der Waals surface area (Å²) < 4.78 is 5.52. The number of likely N-dealkylation sites (N-methyl/N-ethyl adjacent to an activating group) is 1. The molecule has 0 heterocycles. The molecule has 110 valence electrons. The van der Waals surface area contributed by atoms with E-state index in [1.807, 2.05) is 26.0 Å². The fraction of sp³-hybridized carbons (Fsp3) is 0.529. The van der Waals surface area contributed by atoms with Crippen LogP contribution in [0.4, 0.5) is 0 Å². The van der Waals surface area contributed by atoms with Crippen molar-refractivity contribution >= 4 is 0 Å². The Labute approximate surface area is 122 Å². The zero-order valence-electron chi connectivity index (χ0n) is 12.7. The molecule has 1 aromatic carbocycles. The van der Waals surface area contributed by atoms with Gasteiger partial charge in [-0.15, -0.1) is 12.3 Å². The quantitative estimate of drug-likeness (QED) is 0.585. The molecule has 0 aliphatic carbocycles. The smallest absolute Gasteiger partial charge is 0.119 e. The van der Waals surface area contributed by atoms with E-state index in [4.69, 9.17) is 11.2 Å². The van der Waals surface area contributed by atoms with Crippen molar-refractivity contribution in [3.63, 3.8) is 0 Å². The van der Waals surface area contributed by atoms with Crippen LogP contribution in [0.5, 0.6) is 5.75 Å². The molecule has 20 heavy (non-hydrogen) atoms. The van der Waals surface area contributed by atoms with Crippen LogP contribution < -0.4 is 4.74 Å². The summed E-state index contributed by atoms with van der Waals surface area (Å²) in [6.45, 7) is 8.70. The first-order valence-electron chi connectivity index (χ1n) is 7.04. The predicted octanol–water partition coefficient (Wildman–Crippen LogP) is 2.68.